The summed E-state index contributed by atoms with van der Waals surface area (Å²) in [4.78, 5) is 13.5. The summed E-state index contributed by atoms with van der Waals surface area (Å²) in [5.41, 5.74) is 0.314. The van der Waals surface area contributed by atoms with Crippen LogP contribution in [0.2, 0.25) is 0 Å². The third-order valence-corrected chi connectivity index (χ3v) is 3.68. The minimum absolute atomic E-state index is 0.118. The van der Waals surface area contributed by atoms with Gasteiger partial charge in [-0.3, -0.25) is 4.79 Å². The molecule has 0 aliphatic heterocycles. The molecule has 0 fully saturated rings. The van der Waals surface area contributed by atoms with Gasteiger partial charge in [0.15, 0.2) is 9.84 Å². The number of hydrogen-bond acceptors (Lipinski definition) is 5. The second-order valence-corrected chi connectivity index (χ2v) is 6.05. The minimum atomic E-state index is -3.29. The summed E-state index contributed by atoms with van der Waals surface area (Å²) < 4.78 is 22.6. The van der Waals surface area contributed by atoms with Crippen molar-refractivity contribution in [2.24, 2.45) is 0 Å². The van der Waals surface area contributed by atoms with Crippen molar-refractivity contribution in [2.45, 2.75) is 4.90 Å². The Bertz CT molecular complexity index is 518. The number of carbonyl (C=O) groups is 1. The zero-order chi connectivity index (χ0) is 14.5. The first-order chi connectivity index (χ1) is 8.90. The van der Waals surface area contributed by atoms with Crippen LogP contribution in [0.15, 0.2) is 29.2 Å². The maximum absolute atomic E-state index is 12.0. The molecule has 0 bridgehead atoms. The summed E-state index contributed by atoms with van der Waals surface area (Å²) >= 11 is 0. The first-order valence-electron chi connectivity index (χ1n) is 5.71. The average Bonchev–Trinajstić information content (AvgIpc) is 2.37. The SMILES string of the molecule is CS(=O)(=O)c1ccc(C(=O)N(CCO)CCO)cc1. The van der Waals surface area contributed by atoms with Crippen LogP contribution in [0.1, 0.15) is 10.4 Å². The van der Waals surface area contributed by atoms with Gasteiger partial charge in [0.05, 0.1) is 18.1 Å². The number of sulfone groups is 1. The number of hydrogen-bond donors (Lipinski definition) is 2. The van der Waals surface area contributed by atoms with Crippen molar-refractivity contribution in [3.8, 4) is 0 Å². The lowest BCUT2D eigenvalue weighted by molar-refractivity contribution is 0.0684. The molecule has 6 nitrogen and oxygen atoms in total. The molecule has 1 rings (SSSR count). The third-order valence-electron chi connectivity index (χ3n) is 2.56. The van der Waals surface area contributed by atoms with Gasteiger partial charge in [-0.2, -0.15) is 0 Å². The Morgan fingerprint density at radius 2 is 1.58 bits per heavy atom. The minimum Gasteiger partial charge on any atom is -0.395 e. The van der Waals surface area contributed by atoms with E-state index in [-0.39, 0.29) is 37.1 Å². The quantitative estimate of drug-likeness (QED) is 0.736. The molecule has 0 saturated carbocycles. The lowest BCUT2D eigenvalue weighted by atomic mass is 10.2. The molecule has 0 atom stereocenters. The average molecular weight is 287 g/mol. The highest BCUT2D eigenvalue weighted by Gasteiger charge is 2.15. The van der Waals surface area contributed by atoms with Crippen LogP contribution in [-0.2, 0) is 9.84 Å². The number of amides is 1. The molecule has 0 aliphatic carbocycles. The molecule has 0 aromatic heterocycles. The van der Waals surface area contributed by atoms with E-state index in [0.29, 0.717) is 5.56 Å². The van der Waals surface area contributed by atoms with Gasteiger partial charge in [-0.1, -0.05) is 0 Å². The van der Waals surface area contributed by atoms with Gasteiger partial charge in [0.25, 0.3) is 5.91 Å². The zero-order valence-electron chi connectivity index (χ0n) is 10.6. The van der Waals surface area contributed by atoms with Crippen molar-refractivity contribution in [3.05, 3.63) is 29.8 Å². The van der Waals surface area contributed by atoms with E-state index in [1.807, 2.05) is 0 Å². The molecular weight excluding hydrogens is 270 g/mol. The molecule has 7 heteroatoms. The molecule has 0 radical (unpaired) electrons. The van der Waals surface area contributed by atoms with Gasteiger partial charge in [-0.05, 0) is 24.3 Å². The van der Waals surface area contributed by atoms with E-state index in [1.165, 1.54) is 29.2 Å². The number of benzene rings is 1. The zero-order valence-corrected chi connectivity index (χ0v) is 11.4. The number of aliphatic hydroxyl groups excluding tert-OH is 2. The molecule has 0 spiro atoms. The molecule has 106 valence electrons. The Labute approximate surface area is 112 Å². The summed E-state index contributed by atoms with van der Waals surface area (Å²) in [6.07, 6.45) is 1.09. The highest BCUT2D eigenvalue weighted by molar-refractivity contribution is 7.90. The fourth-order valence-corrected chi connectivity index (χ4v) is 2.21. The number of aliphatic hydroxyl groups is 2. The fourth-order valence-electron chi connectivity index (χ4n) is 1.58. The molecule has 0 saturated heterocycles. The maximum Gasteiger partial charge on any atom is 0.254 e. The molecule has 0 aliphatic rings. The van der Waals surface area contributed by atoms with Crippen LogP contribution in [-0.4, -0.2) is 62.0 Å². The predicted octanol–water partition coefficient (Wildman–Crippen LogP) is -0.483. The van der Waals surface area contributed by atoms with E-state index in [9.17, 15) is 13.2 Å². The van der Waals surface area contributed by atoms with Crippen LogP contribution in [0.25, 0.3) is 0 Å². The molecule has 0 heterocycles. The third kappa shape index (κ3) is 4.30. The van der Waals surface area contributed by atoms with Crippen molar-refractivity contribution in [2.75, 3.05) is 32.6 Å². The van der Waals surface area contributed by atoms with Crippen molar-refractivity contribution >= 4 is 15.7 Å². The Morgan fingerprint density at radius 3 is 1.95 bits per heavy atom. The maximum atomic E-state index is 12.0. The Hall–Kier alpha value is -1.44. The van der Waals surface area contributed by atoms with E-state index >= 15 is 0 Å². The van der Waals surface area contributed by atoms with Gasteiger partial charge in [0, 0.05) is 24.9 Å². The molecular formula is C12H17NO5S. The van der Waals surface area contributed by atoms with Gasteiger partial charge in [0.1, 0.15) is 0 Å². The summed E-state index contributed by atoms with van der Waals surface area (Å²) in [6, 6.07) is 5.55. The topological polar surface area (TPSA) is 94.9 Å². The molecule has 2 N–H and O–H groups in total. The van der Waals surface area contributed by atoms with E-state index < -0.39 is 9.84 Å². The molecule has 19 heavy (non-hydrogen) atoms. The lowest BCUT2D eigenvalue weighted by Gasteiger charge is -2.20. The van der Waals surface area contributed by atoms with Crippen LogP contribution in [0, 0.1) is 0 Å². The van der Waals surface area contributed by atoms with Crippen LogP contribution >= 0.6 is 0 Å². The van der Waals surface area contributed by atoms with Crippen LogP contribution in [0.5, 0.6) is 0 Å². The normalized spacial score (nSPS) is 11.3. The van der Waals surface area contributed by atoms with Gasteiger partial charge in [-0.25, -0.2) is 8.42 Å². The fraction of sp³-hybridized carbons (Fsp3) is 0.417. The van der Waals surface area contributed by atoms with E-state index in [1.54, 1.807) is 0 Å². The smallest absolute Gasteiger partial charge is 0.254 e. The number of rotatable bonds is 6. The second kappa shape index (κ2) is 6.65. The van der Waals surface area contributed by atoms with Crippen molar-refractivity contribution in [3.63, 3.8) is 0 Å². The predicted molar refractivity (Wildman–Crippen MR) is 69.6 cm³/mol. The Balaban J connectivity index is 2.93. The first kappa shape index (κ1) is 15.6. The summed E-state index contributed by atoms with van der Waals surface area (Å²) in [5.74, 6) is -0.358. The summed E-state index contributed by atoms with van der Waals surface area (Å²) in [6.45, 7) is -0.166. The van der Waals surface area contributed by atoms with Crippen molar-refractivity contribution < 1.29 is 23.4 Å². The highest BCUT2D eigenvalue weighted by atomic mass is 32.2. The molecule has 0 unspecified atom stereocenters. The first-order valence-corrected chi connectivity index (χ1v) is 7.60. The van der Waals surface area contributed by atoms with Crippen LogP contribution in [0.4, 0.5) is 0 Å². The number of nitrogens with zero attached hydrogens (tertiary/aromatic N) is 1. The lowest BCUT2D eigenvalue weighted by Crippen LogP contribution is -2.35. The highest BCUT2D eigenvalue weighted by Crippen LogP contribution is 2.12. The van der Waals surface area contributed by atoms with E-state index in [0.717, 1.165) is 6.26 Å². The largest absolute Gasteiger partial charge is 0.395 e. The van der Waals surface area contributed by atoms with Gasteiger partial charge in [0.2, 0.25) is 0 Å². The van der Waals surface area contributed by atoms with Gasteiger partial charge >= 0.3 is 0 Å². The standard InChI is InChI=1S/C12H17NO5S/c1-19(17,18)11-4-2-10(3-5-11)12(16)13(6-8-14)7-9-15/h2-5,14-15H,6-9H2,1H3. The molecule has 1 aromatic carbocycles. The monoisotopic (exact) mass is 287 g/mol. The molecule has 1 aromatic rings. The van der Waals surface area contributed by atoms with Crippen molar-refractivity contribution in [1.82, 2.24) is 4.90 Å². The Kier molecular flexibility index (Phi) is 5.46. The van der Waals surface area contributed by atoms with Gasteiger partial charge < -0.3 is 15.1 Å². The van der Waals surface area contributed by atoms with E-state index in [2.05, 4.69) is 0 Å². The summed E-state index contributed by atoms with van der Waals surface area (Å²) in [5, 5.41) is 17.7. The summed E-state index contributed by atoms with van der Waals surface area (Å²) in [7, 11) is -3.29. The van der Waals surface area contributed by atoms with Crippen LogP contribution in [0.3, 0.4) is 0 Å². The second-order valence-electron chi connectivity index (χ2n) is 4.04. The number of carbonyl (C=O) groups excluding carboxylic acids is 1. The van der Waals surface area contributed by atoms with E-state index in [4.69, 9.17) is 10.2 Å². The molecule has 1 amide bonds. The van der Waals surface area contributed by atoms with Gasteiger partial charge in [-0.15, -0.1) is 0 Å². The van der Waals surface area contributed by atoms with Crippen LogP contribution < -0.4 is 0 Å². The Morgan fingerprint density at radius 1 is 1.11 bits per heavy atom. The van der Waals surface area contributed by atoms with Crippen molar-refractivity contribution in [1.29, 1.82) is 0 Å².